The summed E-state index contributed by atoms with van der Waals surface area (Å²) in [5.74, 6) is -0.998. The van der Waals surface area contributed by atoms with E-state index in [2.05, 4.69) is 4.98 Å². The summed E-state index contributed by atoms with van der Waals surface area (Å²) >= 11 is 12.4. The predicted octanol–water partition coefficient (Wildman–Crippen LogP) is 6.61. The van der Waals surface area contributed by atoms with Gasteiger partial charge in [-0.3, -0.25) is 4.79 Å². The van der Waals surface area contributed by atoms with Crippen molar-refractivity contribution in [2.24, 2.45) is 0 Å². The maximum Gasteiger partial charge on any atom is 0.335 e. The van der Waals surface area contributed by atoms with E-state index in [-0.39, 0.29) is 23.6 Å². The van der Waals surface area contributed by atoms with Gasteiger partial charge in [-0.05, 0) is 35.9 Å². The molecule has 2 heterocycles. The SMILES string of the molecule is O=C(O)c1cccc(-c2c3c(nc4ccccc24)O[C@@H](c2ccc(Cl)cc2Cl)CC3=O)c1. The fraction of sp³-hybridized carbons (Fsp3) is 0.0800. The van der Waals surface area contributed by atoms with Crippen LogP contribution in [0.4, 0.5) is 0 Å². The first-order valence-electron chi connectivity index (χ1n) is 9.83. The number of halogens is 2. The highest BCUT2D eigenvalue weighted by Crippen LogP contribution is 2.43. The van der Waals surface area contributed by atoms with Crippen LogP contribution in [0.2, 0.25) is 10.0 Å². The van der Waals surface area contributed by atoms with E-state index in [4.69, 9.17) is 27.9 Å². The van der Waals surface area contributed by atoms with Crippen molar-refractivity contribution in [1.82, 2.24) is 4.98 Å². The van der Waals surface area contributed by atoms with E-state index in [1.165, 1.54) is 6.07 Å². The first-order chi connectivity index (χ1) is 15.4. The van der Waals surface area contributed by atoms with Crippen LogP contribution in [-0.4, -0.2) is 21.8 Å². The summed E-state index contributed by atoms with van der Waals surface area (Å²) in [7, 11) is 0. The van der Waals surface area contributed by atoms with Crippen LogP contribution < -0.4 is 4.74 Å². The number of ketones is 1. The number of hydrogen-bond acceptors (Lipinski definition) is 4. The van der Waals surface area contributed by atoms with Gasteiger partial charge in [-0.25, -0.2) is 9.78 Å². The second-order valence-corrected chi connectivity index (χ2v) is 8.31. The number of pyridine rings is 1. The zero-order valence-corrected chi connectivity index (χ0v) is 18.0. The molecule has 1 N–H and O–H groups in total. The zero-order chi connectivity index (χ0) is 22.4. The lowest BCUT2D eigenvalue weighted by molar-refractivity contribution is 0.0696. The van der Waals surface area contributed by atoms with Gasteiger partial charge in [0.2, 0.25) is 5.88 Å². The number of carboxylic acids is 1. The summed E-state index contributed by atoms with van der Waals surface area (Å²) in [4.78, 5) is 29.5. The molecule has 0 unspecified atom stereocenters. The standard InChI is InChI=1S/C25H15Cl2NO4/c26-15-8-9-16(18(27)11-15)21-12-20(29)23-22(13-4-3-5-14(10-13)25(30)31)17-6-1-2-7-19(17)28-24(23)32-21/h1-11,21H,12H2,(H,30,31)/t21-/m1/s1. The molecule has 1 atom stereocenters. The number of para-hydroxylation sites is 1. The third-order valence-corrected chi connectivity index (χ3v) is 6.03. The molecule has 1 aliphatic rings. The number of carbonyl (C=O) groups is 2. The first kappa shape index (κ1) is 20.5. The van der Waals surface area contributed by atoms with Crippen LogP contribution >= 0.6 is 23.2 Å². The van der Waals surface area contributed by atoms with Crippen LogP contribution in [0.1, 0.15) is 38.8 Å². The van der Waals surface area contributed by atoms with Gasteiger partial charge in [-0.2, -0.15) is 0 Å². The Morgan fingerprint density at radius 1 is 1.00 bits per heavy atom. The number of ether oxygens (including phenoxy) is 1. The fourth-order valence-corrected chi connectivity index (χ4v) is 4.55. The Morgan fingerprint density at radius 3 is 2.59 bits per heavy atom. The van der Waals surface area contributed by atoms with Crippen LogP contribution in [0.25, 0.3) is 22.0 Å². The quantitative estimate of drug-likeness (QED) is 0.369. The molecule has 0 fully saturated rings. The second kappa shape index (κ2) is 7.93. The Kier molecular flexibility index (Phi) is 5.08. The molecule has 0 amide bonds. The summed E-state index contributed by atoms with van der Waals surface area (Å²) in [6, 6.07) is 18.9. The molecule has 0 bridgehead atoms. The summed E-state index contributed by atoms with van der Waals surface area (Å²) in [6.07, 6.45) is -0.536. The third kappa shape index (κ3) is 3.49. The van der Waals surface area contributed by atoms with Crippen LogP contribution in [-0.2, 0) is 0 Å². The molecule has 0 radical (unpaired) electrons. The molecule has 0 aliphatic carbocycles. The van der Waals surface area contributed by atoms with Crippen molar-refractivity contribution >= 4 is 45.9 Å². The minimum absolute atomic E-state index is 0.0694. The first-order valence-corrected chi connectivity index (χ1v) is 10.6. The van der Waals surface area contributed by atoms with E-state index in [1.54, 1.807) is 36.4 Å². The van der Waals surface area contributed by atoms with E-state index < -0.39 is 12.1 Å². The number of aromatic carboxylic acids is 1. The molecule has 5 nitrogen and oxygen atoms in total. The van der Waals surface area contributed by atoms with Crippen LogP contribution in [0.3, 0.4) is 0 Å². The topological polar surface area (TPSA) is 76.5 Å². The fourth-order valence-electron chi connectivity index (χ4n) is 4.02. The lowest BCUT2D eigenvalue weighted by Crippen LogP contribution is -2.22. The van der Waals surface area contributed by atoms with Gasteiger partial charge in [0.05, 0.1) is 23.1 Å². The third-order valence-electron chi connectivity index (χ3n) is 5.47. The largest absolute Gasteiger partial charge is 0.478 e. The summed E-state index contributed by atoms with van der Waals surface area (Å²) in [6.45, 7) is 0. The molecule has 3 aromatic carbocycles. The van der Waals surface area contributed by atoms with Gasteiger partial charge >= 0.3 is 5.97 Å². The van der Waals surface area contributed by atoms with Crippen molar-refractivity contribution in [3.05, 3.63) is 93.5 Å². The van der Waals surface area contributed by atoms with Gasteiger partial charge in [0, 0.05) is 26.6 Å². The smallest absolute Gasteiger partial charge is 0.335 e. The van der Waals surface area contributed by atoms with E-state index in [9.17, 15) is 14.7 Å². The molecule has 0 saturated carbocycles. The Bertz CT molecular complexity index is 1420. The van der Waals surface area contributed by atoms with Gasteiger partial charge in [0.15, 0.2) is 5.78 Å². The van der Waals surface area contributed by atoms with Crippen LogP contribution in [0, 0.1) is 0 Å². The van der Waals surface area contributed by atoms with Crippen molar-refractivity contribution in [1.29, 1.82) is 0 Å². The van der Waals surface area contributed by atoms with Gasteiger partial charge in [-0.1, -0.05) is 59.6 Å². The van der Waals surface area contributed by atoms with Gasteiger partial charge in [0.1, 0.15) is 6.10 Å². The van der Waals surface area contributed by atoms with Crippen molar-refractivity contribution in [2.75, 3.05) is 0 Å². The maximum atomic E-state index is 13.4. The molecule has 158 valence electrons. The Labute approximate surface area is 193 Å². The molecule has 1 aliphatic heterocycles. The number of nitrogens with zero attached hydrogens (tertiary/aromatic N) is 1. The number of fused-ring (bicyclic) bond motifs is 2. The lowest BCUT2D eigenvalue weighted by atomic mass is 9.89. The average Bonchev–Trinajstić information content (AvgIpc) is 2.77. The van der Waals surface area contributed by atoms with E-state index in [1.807, 2.05) is 24.3 Å². The van der Waals surface area contributed by atoms with Gasteiger partial charge < -0.3 is 9.84 Å². The Balaban J connectivity index is 1.72. The van der Waals surface area contributed by atoms with Crippen LogP contribution in [0.15, 0.2) is 66.7 Å². The molecular formula is C25H15Cl2NO4. The van der Waals surface area contributed by atoms with Crippen molar-refractivity contribution in [3.63, 3.8) is 0 Å². The summed E-state index contributed by atoms with van der Waals surface area (Å²) in [5.41, 5.74) is 2.98. The summed E-state index contributed by atoms with van der Waals surface area (Å²) in [5, 5.41) is 11.1. The monoisotopic (exact) mass is 463 g/mol. The zero-order valence-electron chi connectivity index (χ0n) is 16.5. The number of carboxylic acid groups (broad SMARTS) is 1. The summed E-state index contributed by atoms with van der Waals surface area (Å²) < 4.78 is 6.18. The van der Waals surface area contributed by atoms with Gasteiger partial charge in [-0.15, -0.1) is 0 Å². The number of aromatic nitrogens is 1. The average molecular weight is 464 g/mol. The Morgan fingerprint density at radius 2 is 1.81 bits per heavy atom. The number of benzene rings is 3. The molecule has 7 heteroatoms. The van der Waals surface area contributed by atoms with E-state index in [0.717, 1.165) is 5.39 Å². The molecule has 5 rings (SSSR count). The number of carbonyl (C=O) groups excluding carboxylic acids is 1. The minimum Gasteiger partial charge on any atom is -0.478 e. The van der Waals surface area contributed by atoms with Crippen molar-refractivity contribution in [3.8, 4) is 17.0 Å². The van der Waals surface area contributed by atoms with E-state index >= 15 is 0 Å². The van der Waals surface area contributed by atoms with Crippen molar-refractivity contribution < 1.29 is 19.4 Å². The highest BCUT2D eigenvalue weighted by atomic mass is 35.5. The highest BCUT2D eigenvalue weighted by molar-refractivity contribution is 6.35. The van der Waals surface area contributed by atoms with Crippen LogP contribution in [0.5, 0.6) is 5.88 Å². The minimum atomic E-state index is -1.04. The maximum absolute atomic E-state index is 13.4. The highest BCUT2D eigenvalue weighted by Gasteiger charge is 2.33. The molecule has 32 heavy (non-hydrogen) atoms. The molecule has 0 saturated heterocycles. The molecule has 1 aromatic heterocycles. The number of hydrogen-bond donors (Lipinski definition) is 1. The lowest BCUT2D eigenvalue weighted by Gasteiger charge is -2.27. The molecular weight excluding hydrogens is 449 g/mol. The molecule has 4 aromatic rings. The number of Topliss-reactive ketones (excluding diaryl/α,β-unsaturated/α-hetero) is 1. The van der Waals surface area contributed by atoms with Gasteiger partial charge in [0.25, 0.3) is 0 Å². The predicted molar refractivity (Wildman–Crippen MR) is 123 cm³/mol. The molecule has 0 spiro atoms. The van der Waals surface area contributed by atoms with Crippen molar-refractivity contribution in [2.45, 2.75) is 12.5 Å². The second-order valence-electron chi connectivity index (χ2n) is 7.47. The normalized spacial score (nSPS) is 15.3. The number of rotatable bonds is 3. The van der Waals surface area contributed by atoms with E-state index in [0.29, 0.717) is 37.8 Å². The Hall–Kier alpha value is -3.41.